The third kappa shape index (κ3) is 8.66. The van der Waals surface area contributed by atoms with Crippen molar-refractivity contribution >= 4 is 21.7 Å². The second kappa shape index (κ2) is 14.4. The number of piperidine rings is 2. The minimum atomic E-state index is -4.74. The number of halogens is 3. The number of anilines is 1. The number of nitrogens with one attached hydrogen (secondary N) is 1. The van der Waals surface area contributed by atoms with Gasteiger partial charge in [-0.25, -0.2) is 22.7 Å². The Balaban J connectivity index is 1.11. The van der Waals surface area contributed by atoms with E-state index >= 15 is 0 Å². The lowest BCUT2D eigenvalue weighted by Gasteiger charge is -2.43. The van der Waals surface area contributed by atoms with E-state index in [-0.39, 0.29) is 29.9 Å². The van der Waals surface area contributed by atoms with Crippen LogP contribution in [0.2, 0.25) is 0 Å². The quantitative estimate of drug-likeness (QED) is 0.416. The fourth-order valence-corrected chi connectivity index (χ4v) is 7.45. The van der Waals surface area contributed by atoms with Crippen LogP contribution >= 0.6 is 0 Å². The Morgan fingerprint density at radius 1 is 1.04 bits per heavy atom. The lowest BCUT2D eigenvalue weighted by atomic mass is 9.97. The van der Waals surface area contributed by atoms with Gasteiger partial charge >= 0.3 is 6.36 Å². The molecule has 3 fully saturated rings. The van der Waals surface area contributed by atoms with Gasteiger partial charge in [0, 0.05) is 44.3 Å². The number of nitrogens with zero attached hydrogens (tertiary/aromatic N) is 5. The molecule has 0 radical (unpaired) electrons. The molecule has 4 heterocycles. The first-order valence-electron chi connectivity index (χ1n) is 15.8. The average molecular weight is 669 g/mol. The zero-order valence-corrected chi connectivity index (χ0v) is 27.3. The van der Waals surface area contributed by atoms with Crippen LogP contribution in [0.1, 0.15) is 72.7 Å². The predicted molar refractivity (Wildman–Crippen MR) is 166 cm³/mol. The van der Waals surface area contributed by atoms with Gasteiger partial charge in [0.1, 0.15) is 23.6 Å². The second-order valence-corrected chi connectivity index (χ2v) is 14.5. The first kappa shape index (κ1) is 34.3. The van der Waals surface area contributed by atoms with E-state index in [2.05, 4.69) is 24.9 Å². The van der Waals surface area contributed by atoms with Crippen LogP contribution in [0.4, 0.5) is 19.0 Å². The van der Waals surface area contributed by atoms with E-state index in [0.717, 1.165) is 63.6 Å². The monoisotopic (exact) mass is 668 g/mol. The minimum Gasteiger partial charge on any atom is -0.406 e. The highest BCUT2D eigenvalue weighted by molar-refractivity contribution is 7.88. The lowest BCUT2D eigenvalue weighted by Crippen LogP contribution is -2.52. The summed E-state index contributed by atoms with van der Waals surface area (Å²) in [4.78, 5) is 26.5. The molecule has 1 N–H and O–H groups in total. The van der Waals surface area contributed by atoms with Gasteiger partial charge in [-0.05, 0) is 82.7 Å². The summed E-state index contributed by atoms with van der Waals surface area (Å²) in [6.07, 6.45) is 3.31. The Labute approximate surface area is 268 Å². The standard InChI is InChI=1S/C31H43F3N6O5S/c1-21-28(30(41)40-17-13-24(14-18-40)39-15-11-23(12-16-39)38(2)46(3,42)43)36-20-37-29(21)35-19-26-5-4-6-27(44-26)22-7-9-25(10-8-22)45-31(32,33)34/h7-10,20,23-24,26-27H,4-6,11-19H2,1-3H3,(H,35,36,37). The third-order valence-corrected chi connectivity index (χ3v) is 10.8. The van der Waals surface area contributed by atoms with Gasteiger partial charge in [0.05, 0.1) is 18.5 Å². The van der Waals surface area contributed by atoms with Crippen molar-refractivity contribution in [3.63, 3.8) is 0 Å². The summed E-state index contributed by atoms with van der Waals surface area (Å²) < 4.78 is 73.0. The number of rotatable bonds is 9. The number of benzene rings is 1. The zero-order valence-electron chi connectivity index (χ0n) is 26.5. The van der Waals surface area contributed by atoms with Crippen LogP contribution in [0.15, 0.2) is 30.6 Å². The normalized spacial score (nSPS) is 22.6. The fourth-order valence-electron chi connectivity index (χ4n) is 6.70. The number of carbonyl (C=O) groups is 1. The molecule has 0 bridgehead atoms. The molecule has 1 amide bonds. The molecule has 0 aliphatic carbocycles. The van der Waals surface area contributed by atoms with E-state index in [1.54, 1.807) is 19.2 Å². The van der Waals surface area contributed by atoms with Crippen LogP contribution in [0.3, 0.4) is 0 Å². The maximum Gasteiger partial charge on any atom is 0.573 e. The maximum atomic E-state index is 13.5. The van der Waals surface area contributed by atoms with E-state index in [4.69, 9.17) is 4.74 Å². The van der Waals surface area contributed by atoms with Gasteiger partial charge in [-0.3, -0.25) is 4.79 Å². The Hall–Kier alpha value is -3.01. The number of aromatic nitrogens is 2. The molecule has 3 saturated heterocycles. The number of ether oxygens (including phenoxy) is 2. The van der Waals surface area contributed by atoms with Crippen LogP contribution in [0.5, 0.6) is 5.75 Å². The summed E-state index contributed by atoms with van der Waals surface area (Å²) in [5, 5.41) is 3.32. The predicted octanol–water partition coefficient (Wildman–Crippen LogP) is 4.37. The second-order valence-electron chi connectivity index (χ2n) is 12.4. The molecule has 5 rings (SSSR count). The molecule has 15 heteroatoms. The van der Waals surface area contributed by atoms with Gasteiger partial charge in [0.2, 0.25) is 10.0 Å². The molecule has 3 aliphatic rings. The van der Waals surface area contributed by atoms with E-state index in [1.807, 2.05) is 11.8 Å². The highest BCUT2D eigenvalue weighted by Crippen LogP contribution is 2.33. The number of alkyl halides is 3. The zero-order chi connectivity index (χ0) is 33.1. The highest BCUT2D eigenvalue weighted by atomic mass is 32.2. The van der Waals surface area contributed by atoms with Gasteiger partial charge in [-0.1, -0.05) is 12.1 Å². The fraction of sp³-hybridized carbons (Fsp3) is 0.645. The largest absolute Gasteiger partial charge is 0.573 e. The van der Waals surface area contributed by atoms with Crippen LogP contribution in [-0.4, -0.2) is 109 Å². The van der Waals surface area contributed by atoms with Gasteiger partial charge in [0.15, 0.2) is 0 Å². The number of carbonyl (C=O) groups excluding carboxylic acids is 1. The summed E-state index contributed by atoms with van der Waals surface area (Å²) in [7, 11) is -1.55. The SMILES string of the molecule is Cc1c(NCC2CCCC(c3ccc(OC(F)(F)F)cc3)O2)ncnc1C(=O)N1CCC(N2CCC(N(C)S(C)(=O)=O)CC2)CC1. The molecule has 2 aromatic rings. The van der Waals surface area contributed by atoms with Crippen molar-refractivity contribution in [2.45, 2.75) is 82.5 Å². The Morgan fingerprint density at radius 2 is 1.72 bits per heavy atom. The van der Waals surface area contributed by atoms with Crippen molar-refractivity contribution in [2.75, 3.05) is 51.3 Å². The lowest BCUT2D eigenvalue weighted by molar-refractivity contribution is -0.274. The molecule has 3 aliphatic heterocycles. The molecule has 2 unspecified atom stereocenters. The van der Waals surface area contributed by atoms with Gasteiger partial charge in [0.25, 0.3) is 5.91 Å². The number of likely N-dealkylation sites (tertiary alicyclic amines) is 2. The van der Waals surface area contributed by atoms with Crippen LogP contribution in [0, 0.1) is 6.92 Å². The maximum absolute atomic E-state index is 13.5. The van der Waals surface area contributed by atoms with Gasteiger partial charge in [-0.15, -0.1) is 13.2 Å². The summed E-state index contributed by atoms with van der Waals surface area (Å²) in [6.45, 7) is 5.23. The van der Waals surface area contributed by atoms with Crippen molar-refractivity contribution < 1.29 is 35.9 Å². The summed E-state index contributed by atoms with van der Waals surface area (Å²) in [5.74, 6) is 0.174. The molecule has 2 atom stereocenters. The third-order valence-electron chi connectivity index (χ3n) is 9.42. The van der Waals surface area contributed by atoms with Gasteiger partial charge < -0.3 is 24.6 Å². The van der Waals surface area contributed by atoms with Crippen LogP contribution in [0.25, 0.3) is 0 Å². The van der Waals surface area contributed by atoms with Crippen molar-refractivity contribution in [1.82, 2.24) is 24.1 Å². The van der Waals surface area contributed by atoms with Crippen LogP contribution < -0.4 is 10.1 Å². The first-order valence-corrected chi connectivity index (χ1v) is 17.7. The smallest absolute Gasteiger partial charge is 0.406 e. The Bertz CT molecular complexity index is 1450. The molecule has 1 aromatic heterocycles. The first-order chi connectivity index (χ1) is 21.8. The summed E-state index contributed by atoms with van der Waals surface area (Å²) in [6, 6.07) is 6.18. The topological polar surface area (TPSA) is 117 Å². The summed E-state index contributed by atoms with van der Waals surface area (Å²) >= 11 is 0. The average Bonchev–Trinajstić information content (AvgIpc) is 3.03. The van der Waals surface area contributed by atoms with E-state index in [0.29, 0.717) is 42.8 Å². The molecular weight excluding hydrogens is 625 g/mol. The molecule has 1 aromatic carbocycles. The molecule has 0 spiro atoms. The van der Waals surface area contributed by atoms with Gasteiger partial charge in [-0.2, -0.15) is 0 Å². The Kier molecular flexibility index (Phi) is 10.7. The van der Waals surface area contributed by atoms with Crippen molar-refractivity contribution in [2.24, 2.45) is 0 Å². The van der Waals surface area contributed by atoms with E-state index in [9.17, 15) is 26.4 Å². The van der Waals surface area contributed by atoms with Crippen LogP contribution in [-0.2, 0) is 14.8 Å². The minimum absolute atomic E-state index is 0.0325. The van der Waals surface area contributed by atoms with E-state index in [1.165, 1.54) is 29.0 Å². The number of hydrogen-bond acceptors (Lipinski definition) is 9. The molecule has 0 saturated carbocycles. The molecule has 46 heavy (non-hydrogen) atoms. The number of amides is 1. The highest BCUT2D eigenvalue weighted by Gasteiger charge is 2.34. The van der Waals surface area contributed by atoms with Crippen molar-refractivity contribution in [3.05, 3.63) is 47.4 Å². The molecule has 254 valence electrons. The number of sulfonamides is 1. The number of hydrogen-bond donors (Lipinski definition) is 1. The van der Waals surface area contributed by atoms with E-state index < -0.39 is 16.4 Å². The summed E-state index contributed by atoms with van der Waals surface area (Å²) in [5.41, 5.74) is 1.82. The molecular formula is C31H43F3N6O5S. The molecule has 11 nitrogen and oxygen atoms in total. The van der Waals surface area contributed by atoms with Crippen molar-refractivity contribution in [3.8, 4) is 5.75 Å². The Morgan fingerprint density at radius 3 is 2.35 bits per heavy atom. The van der Waals surface area contributed by atoms with Crippen molar-refractivity contribution in [1.29, 1.82) is 0 Å².